The Morgan fingerprint density at radius 2 is 1.76 bits per heavy atom. The highest BCUT2D eigenvalue weighted by molar-refractivity contribution is 7.90. The number of hydrogen-bond donors (Lipinski definition) is 1. The summed E-state index contributed by atoms with van der Waals surface area (Å²) in [6.07, 6.45) is 1.55. The maximum absolute atomic E-state index is 13.3. The third-order valence-corrected chi connectivity index (χ3v) is 7.24. The molecule has 0 saturated heterocycles. The summed E-state index contributed by atoms with van der Waals surface area (Å²) in [4.78, 5) is 13.0. The first-order valence-corrected chi connectivity index (χ1v) is 12.1. The van der Waals surface area contributed by atoms with Crippen LogP contribution in [0.3, 0.4) is 0 Å². The number of nitrogens with one attached hydrogen (secondary N) is 1. The van der Waals surface area contributed by atoms with Crippen LogP contribution in [0.4, 0.5) is 5.69 Å². The van der Waals surface area contributed by atoms with Crippen molar-refractivity contribution >= 4 is 32.3 Å². The molecule has 4 aromatic rings. The SMILES string of the molecule is Cc1ccc(CS(=O)(=O)c2cn(CC(=O)Nc3ccc4c(c3)OCO4)c3ccccc23)cc1. The number of anilines is 1. The van der Waals surface area contributed by atoms with E-state index in [-0.39, 0.29) is 29.9 Å². The molecule has 0 bridgehead atoms. The minimum atomic E-state index is -3.62. The number of carbonyl (C=O) groups excluding carboxylic acids is 1. The van der Waals surface area contributed by atoms with Crippen LogP contribution in [-0.4, -0.2) is 25.7 Å². The molecule has 2 heterocycles. The molecule has 1 aliphatic rings. The van der Waals surface area contributed by atoms with Crippen molar-refractivity contribution in [3.63, 3.8) is 0 Å². The second-order valence-corrected chi connectivity index (χ2v) is 9.96. The Bertz CT molecular complexity index is 1460. The van der Waals surface area contributed by atoms with Gasteiger partial charge in [-0.1, -0.05) is 48.0 Å². The third-order valence-electron chi connectivity index (χ3n) is 5.53. The molecule has 0 aliphatic carbocycles. The van der Waals surface area contributed by atoms with Crippen molar-refractivity contribution in [2.45, 2.75) is 24.1 Å². The van der Waals surface area contributed by atoms with E-state index < -0.39 is 9.84 Å². The molecule has 168 valence electrons. The Balaban J connectivity index is 1.41. The standard InChI is InChI=1S/C25H22N2O5S/c1-17-6-8-18(9-7-17)15-33(29,30)24-13-27(21-5-3-2-4-20(21)24)14-25(28)26-19-10-11-22-23(12-19)32-16-31-22/h2-13H,14-16H2,1H3,(H,26,28). The fourth-order valence-corrected chi connectivity index (χ4v) is 5.49. The largest absolute Gasteiger partial charge is 0.454 e. The number of carbonyl (C=O) groups is 1. The lowest BCUT2D eigenvalue weighted by atomic mass is 10.2. The van der Waals surface area contributed by atoms with Crippen molar-refractivity contribution < 1.29 is 22.7 Å². The quantitative estimate of drug-likeness (QED) is 0.462. The maximum Gasteiger partial charge on any atom is 0.244 e. The first-order valence-electron chi connectivity index (χ1n) is 10.4. The van der Waals surface area contributed by atoms with Crippen LogP contribution in [0.5, 0.6) is 11.5 Å². The molecule has 0 fully saturated rings. The molecule has 0 saturated carbocycles. The van der Waals surface area contributed by atoms with Crippen LogP contribution < -0.4 is 14.8 Å². The van der Waals surface area contributed by atoms with Gasteiger partial charge in [-0.3, -0.25) is 4.79 Å². The number of para-hydroxylation sites is 1. The monoisotopic (exact) mass is 462 g/mol. The number of hydrogen-bond acceptors (Lipinski definition) is 5. The predicted molar refractivity (Wildman–Crippen MR) is 125 cm³/mol. The molecule has 5 rings (SSSR count). The molecule has 0 radical (unpaired) electrons. The van der Waals surface area contributed by atoms with E-state index in [1.165, 1.54) is 0 Å². The normalized spacial score (nSPS) is 12.8. The van der Waals surface area contributed by atoms with Gasteiger partial charge in [0.25, 0.3) is 0 Å². The third kappa shape index (κ3) is 4.29. The molecule has 0 atom stereocenters. The zero-order chi connectivity index (χ0) is 23.0. The smallest absolute Gasteiger partial charge is 0.244 e. The highest BCUT2D eigenvalue weighted by Crippen LogP contribution is 2.34. The molecule has 1 amide bonds. The van der Waals surface area contributed by atoms with Gasteiger partial charge in [0.15, 0.2) is 21.3 Å². The number of aryl methyl sites for hydroxylation is 1. The van der Waals surface area contributed by atoms with Gasteiger partial charge in [-0.2, -0.15) is 0 Å². The molecule has 8 heteroatoms. The van der Waals surface area contributed by atoms with Crippen LogP contribution >= 0.6 is 0 Å². The molecule has 1 aromatic heterocycles. The van der Waals surface area contributed by atoms with Gasteiger partial charge in [0.2, 0.25) is 12.7 Å². The number of fused-ring (bicyclic) bond motifs is 2. The topological polar surface area (TPSA) is 86.6 Å². The Labute approximate surface area is 191 Å². The molecule has 0 spiro atoms. The first-order chi connectivity index (χ1) is 15.9. The Morgan fingerprint density at radius 1 is 1.00 bits per heavy atom. The zero-order valence-electron chi connectivity index (χ0n) is 17.9. The first kappa shape index (κ1) is 21.1. The van der Waals surface area contributed by atoms with Crippen molar-refractivity contribution in [3.05, 3.63) is 84.1 Å². The van der Waals surface area contributed by atoms with Gasteiger partial charge in [-0.05, 0) is 30.7 Å². The summed E-state index contributed by atoms with van der Waals surface area (Å²) in [5.74, 6) is 0.818. The molecule has 0 unspecified atom stereocenters. The van der Waals surface area contributed by atoms with Gasteiger partial charge >= 0.3 is 0 Å². The summed E-state index contributed by atoms with van der Waals surface area (Å²) < 4.78 is 38.8. The molecule has 33 heavy (non-hydrogen) atoms. The molecule has 7 nitrogen and oxygen atoms in total. The number of amides is 1. The minimum absolute atomic E-state index is 0.0327. The van der Waals surface area contributed by atoms with Crippen molar-refractivity contribution in [1.29, 1.82) is 0 Å². The number of nitrogens with zero attached hydrogens (tertiary/aromatic N) is 1. The average molecular weight is 463 g/mol. The van der Waals surface area contributed by atoms with Crippen LogP contribution in [-0.2, 0) is 26.9 Å². The molecule has 3 aromatic carbocycles. The second-order valence-electron chi connectivity index (χ2n) is 8.00. The predicted octanol–water partition coefficient (Wildman–Crippen LogP) is 4.29. The van der Waals surface area contributed by atoms with Crippen LogP contribution in [0, 0.1) is 6.92 Å². The fraction of sp³-hybridized carbons (Fsp3) is 0.160. The average Bonchev–Trinajstić information content (AvgIpc) is 3.40. The van der Waals surface area contributed by atoms with Gasteiger partial charge in [0.05, 0.1) is 10.6 Å². The van der Waals surface area contributed by atoms with E-state index in [0.29, 0.717) is 28.1 Å². The summed E-state index contributed by atoms with van der Waals surface area (Å²) >= 11 is 0. The van der Waals surface area contributed by atoms with E-state index in [0.717, 1.165) is 11.1 Å². The van der Waals surface area contributed by atoms with Crippen molar-refractivity contribution in [2.24, 2.45) is 0 Å². The molecular weight excluding hydrogens is 440 g/mol. The number of sulfone groups is 1. The van der Waals surface area contributed by atoms with Crippen LogP contribution in [0.1, 0.15) is 11.1 Å². The fourth-order valence-electron chi connectivity index (χ4n) is 3.90. The van der Waals surface area contributed by atoms with Crippen LogP contribution in [0.2, 0.25) is 0 Å². The molecule has 1 N–H and O–H groups in total. The van der Waals surface area contributed by atoms with E-state index in [2.05, 4.69) is 5.32 Å². The maximum atomic E-state index is 13.3. The van der Waals surface area contributed by atoms with Crippen LogP contribution in [0.25, 0.3) is 10.9 Å². The van der Waals surface area contributed by atoms with Gasteiger partial charge < -0.3 is 19.4 Å². The van der Waals surface area contributed by atoms with Crippen molar-refractivity contribution in [2.75, 3.05) is 12.1 Å². The van der Waals surface area contributed by atoms with Crippen molar-refractivity contribution in [3.8, 4) is 11.5 Å². The second kappa shape index (κ2) is 8.29. The van der Waals surface area contributed by atoms with Gasteiger partial charge in [0, 0.05) is 28.9 Å². The molecular formula is C25H22N2O5S. The highest BCUT2D eigenvalue weighted by Gasteiger charge is 2.22. The van der Waals surface area contributed by atoms with E-state index in [4.69, 9.17) is 9.47 Å². The van der Waals surface area contributed by atoms with Gasteiger partial charge in [-0.15, -0.1) is 0 Å². The van der Waals surface area contributed by atoms with Gasteiger partial charge in [-0.25, -0.2) is 8.42 Å². The Kier molecular flexibility index (Phi) is 5.30. The lowest BCUT2D eigenvalue weighted by molar-refractivity contribution is -0.116. The van der Waals surface area contributed by atoms with E-state index in [1.54, 1.807) is 41.1 Å². The van der Waals surface area contributed by atoms with E-state index in [9.17, 15) is 13.2 Å². The molecule has 1 aliphatic heterocycles. The summed E-state index contributed by atoms with van der Waals surface area (Å²) in [6, 6.07) is 19.8. The number of aromatic nitrogens is 1. The minimum Gasteiger partial charge on any atom is -0.454 e. The summed E-state index contributed by atoms with van der Waals surface area (Å²) in [7, 11) is -3.62. The number of ether oxygens (including phenoxy) is 2. The lowest BCUT2D eigenvalue weighted by Gasteiger charge is -2.08. The zero-order valence-corrected chi connectivity index (χ0v) is 18.8. The van der Waals surface area contributed by atoms with Crippen LogP contribution in [0.15, 0.2) is 77.8 Å². The Morgan fingerprint density at radius 3 is 2.58 bits per heavy atom. The number of benzene rings is 3. The highest BCUT2D eigenvalue weighted by atomic mass is 32.2. The number of rotatable bonds is 6. The van der Waals surface area contributed by atoms with E-state index >= 15 is 0 Å². The Hall–Kier alpha value is -3.78. The summed E-state index contributed by atoms with van der Waals surface area (Å²) in [5.41, 5.74) is 3.05. The lowest BCUT2D eigenvalue weighted by Crippen LogP contribution is -2.18. The van der Waals surface area contributed by atoms with E-state index in [1.807, 2.05) is 43.3 Å². The van der Waals surface area contributed by atoms with Crippen molar-refractivity contribution in [1.82, 2.24) is 4.57 Å². The van der Waals surface area contributed by atoms with Gasteiger partial charge in [0.1, 0.15) is 6.54 Å². The summed E-state index contributed by atoms with van der Waals surface area (Å²) in [6.45, 7) is 2.08. The summed E-state index contributed by atoms with van der Waals surface area (Å²) in [5, 5.41) is 3.43.